The first kappa shape index (κ1) is 11.9. The van der Waals surface area contributed by atoms with Crippen LogP contribution in [-0.4, -0.2) is 12.5 Å². The molecule has 1 fully saturated rings. The number of rotatable bonds is 2. The van der Waals surface area contributed by atoms with Crippen molar-refractivity contribution in [2.45, 2.75) is 19.3 Å². The number of halogens is 1. The van der Waals surface area contributed by atoms with Crippen LogP contribution in [0.1, 0.15) is 24.0 Å². The summed E-state index contributed by atoms with van der Waals surface area (Å²) in [6, 6.07) is 7.42. The van der Waals surface area contributed by atoms with Gasteiger partial charge in [-0.25, -0.2) is 0 Å². The molecule has 1 N–H and O–H groups in total. The first-order valence-electron chi connectivity index (χ1n) is 5.67. The summed E-state index contributed by atoms with van der Waals surface area (Å²) in [6.45, 7) is 0.777. The predicted molar refractivity (Wildman–Crippen MR) is 65.6 cm³/mol. The highest BCUT2D eigenvalue weighted by molar-refractivity contribution is 6.31. The lowest BCUT2D eigenvalue weighted by Gasteiger charge is -2.21. The van der Waals surface area contributed by atoms with Crippen LogP contribution in [0.25, 0.3) is 0 Å². The van der Waals surface area contributed by atoms with Crippen molar-refractivity contribution in [2.75, 3.05) is 6.54 Å². The highest BCUT2D eigenvalue weighted by Crippen LogP contribution is 2.21. The zero-order valence-corrected chi connectivity index (χ0v) is 10.1. The van der Waals surface area contributed by atoms with Crippen LogP contribution in [0, 0.1) is 17.2 Å². The lowest BCUT2D eigenvalue weighted by Crippen LogP contribution is -2.37. The van der Waals surface area contributed by atoms with Gasteiger partial charge in [0.15, 0.2) is 0 Å². The van der Waals surface area contributed by atoms with Gasteiger partial charge < -0.3 is 5.32 Å². The summed E-state index contributed by atoms with van der Waals surface area (Å²) >= 11 is 5.87. The molecule has 1 aromatic rings. The quantitative estimate of drug-likeness (QED) is 0.873. The highest BCUT2D eigenvalue weighted by Gasteiger charge is 2.22. The van der Waals surface area contributed by atoms with E-state index in [2.05, 4.69) is 11.4 Å². The van der Waals surface area contributed by atoms with Gasteiger partial charge in [0, 0.05) is 12.5 Å². The molecule has 1 aromatic carbocycles. The smallest absolute Gasteiger partial charge is 0.223 e. The Balaban J connectivity index is 2.13. The molecule has 0 aliphatic carbocycles. The Labute approximate surface area is 105 Å². The molecule has 88 valence electrons. The van der Waals surface area contributed by atoms with E-state index in [1.54, 1.807) is 12.1 Å². The Bertz CT molecular complexity index is 479. The number of carbonyl (C=O) groups excluding carboxylic acids is 1. The summed E-state index contributed by atoms with van der Waals surface area (Å²) in [7, 11) is 0. The van der Waals surface area contributed by atoms with Crippen LogP contribution in [0.15, 0.2) is 18.2 Å². The third-order valence-electron chi connectivity index (χ3n) is 3.03. The van der Waals surface area contributed by atoms with Crippen molar-refractivity contribution in [3.05, 3.63) is 34.3 Å². The van der Waals surface area contributed by atoms with Gasteiger partial charge in [-0.1, -0.05) is 17.7 Å². The van der Waals surface area contributed by atoms with E-state index >= 15 is 0 Å². The SMILES string of the molecule is N#Cc1cc(CC2CCCNC2=O)ccc1Cl. The largest absolute Gasteiger partial charge is 0.356 e. The molecule has 1 amide bonds. The minimum Gasteiger partial charge on any atom is -0.356 e. The van der Waals surface area contributed by atoms with E-state index in [9.17, 15) is 4.79 Å². The predicted octanol–water partition coefficient (Wildman–Crippen LogP) is 2.28. The average molecular weight is 249 g/mol. The number of piperidine rings is 1. The van der Waals surface area contributed by atoms with Gasteiger partial charge in [0.2, 0.25) is 5.91 Å². The van der Waals surface area contributed by atoms with Gasteiger partial charge in [0.25, 0.3) is 0 Å². The van der Waals surface area contributed by atoms with Crippen LogP contribution in [0.3, 0.4) is 0 Å². The molecule has 2 rings (SSSR count). The fourth-order valence-corrected chi connectivity index (χ4v) is 2.26. The molecule has 17 heavy (non-hydrogen) atoms. The van der Waals surface area contributed by atoms with Crippen molar-refractivity contribution in [3.8, 4) is 6.07 Å². The maximum atomic E-state index is 11.6. The zero-order valence-electron chi connectivity index (χ0n) is 9.37. The van der Waals surface area contributed by atoms with Gasteiger partial charge in [-0.15, -0.1) is 0 Å². The normalized spacial score (nSPS) is 19.5. The summed E-state index contributed by atoms with van der Waals surface area (Å²) in [5.41, 5.74) is 1.47. The highest BCUT2D eigenvalue weighted by atomic mass is 35.5. The number of nitrogens with zero attached hydrogens (tertiary/aromatic N) is 1. The maximum Gasteiger partial charge on any atom is 0.223 e. The van der Waals surface area contributed by atoms with Crippen LogP contribution in [0.5, 0.6) is 0 Å². The fourth-order valence-electron chi connectivity index (χ4n) is 2.10. The van der Waals surface area contributed by atoms with Gasteiger partial charge in [-0.2, -0.15) is 5.26 Å². The Morgan fingerprint density at radius 1 is 1.53 bits per heavy atom. The lowest BCUT2D eigenvalue weighted by molar-refractivity contribution is -0.126. The molecule has 1 aliphatic heterocycles. The molecule has 0 spiro atoms. The van der Waals surface area contributed by atoms with Crippen LogP contribution in [0.4, 0.5) is 0 Å². The van der Waals surface area contributed by atoms with Crippen molar-refractivity contribution in [3.63, 3.8) is 0 Å². The van der Waals surface area contributed by atoms with E-state index in [1.165, 1.54) is 0 Å². The molecule has 1 aliphatic rings. The minimum absolute atomic E-state index is 0.0245. The monoisotopic (exact) mass is 248 g/mol. The fraction of sp³-hybridized carbons (Fsp3) is 0.385. The Morgan fingerprint density at radius 3 is 3.06 bits per heavy atom. The summed E-state index contributed by atoms with van der Waals surface area (Å²) in [6.07, 6.45) is 2.61. The zero-order chi connectivity index (χ0) is 12.3. The summed E-state index contributed by atoms with van der Waals surface area (Å²) in [5.74, 6) is 0.140. The average Bonchev–Trinajstić information content (AvgIpc) is 2.34. The topological polar surface area (TPSA) is 52.9 Å². The number of carbonyl (C=O) groups is 1. The number of nitriles is 1. The standard InChI is InChI=1S/C13H13ClN2O/c14-12-4-3-9(7-11(12)8-15)6-10-2-1-5-16-13(10)17/h3-4,7,10H,1-2,5-6H2,(H,16,17). The Hall–Kier alpha value is -1.53. The molecule has 1 heterocycles. The Kier molecular flexibility index (Phi) is 3.65. The first-order chi connectivity index (χ1) is 8.20. The van der Waals surface area contributed by atoms with Crippen molar-refractivity contribution in [2.24, 2.45) is 5.92 Å². The number of nitrogens with one attached hydrogen (secondary N) is 1. The van der Waals surface area contributed by atoms with E-state index in [0.717, 1.165) is 24.9 Å². The van der Waals surface area contributed by atoms with Gasteiger partial charge in [0.05, 0.1) is 10.6 Å². The van der Waals surface area contributed by atoms with Crippen molar-refractivity contribution < 1.29 is 4.79 Å². The summed E-state index contributed by atoms with van der Waals surface area (Å²) < 4.78 is 0. The van der Waals surface area contributed by atoms with E-state index in [0.29, 0.717) is 17.0 Å². The van der Waals surface area contributed by atoms with Crippen molar-refractivity contribution in [1.29, 1.82) is 5.26 Å². The molecule has 4 heteroatoms. The molecule has 1 saturated heterocycles. The second-order valence-electron chi connectivity index (χ2n) is 4.26. The Morgan fingerprint density at radius 2 is 2.35 bits per heavy atom. The molecule has 0 saturated carbocycles. The third kappa shape index (κ3) is 2.78. The third-order valence-corrected chi connectivity index (χ3v) is 3.36. The maximum absolute atomic E-state index is 11.6. The number of hydrogen-bond acceptors (Lipinski definition) is 2. The number of benzene rings is 1. The molecular formula is C13H13ClN2O. The van der Waals surface area contributed by atoms with Crippen molar-refractivity contribution >= 4 is 17.5 Å². The van der Waals surface area contributed by atoms with E-state index in [-0.39, 0.29) is 11.8 Å². The molecule has 0 radical (unpaired) electrons. The minimum atomic E-state index is 0.0245. The van der Waals surface area contributed by atoms with E-state index < -0.39 is 0 Å². The van der Waals surface area contributed by atoms with E-state index in [4.69, 9.17) is 16.9 Å². The summed E-state index contributed by atoms with van der Waals surface area (Å²) in [4.78, 5) is 11.6. The van der Waals surface area contributed by atoms with Gasteiger partial charge in [-0.3, -0.25) is 4.79 Å². The molecule has 0 bridgehead atoms. The van der Waals surface area contributed by atoms with Crippen LogP contribution in [-0.2, 0) is 11.2 Å². The lowest BCUT2D eigenvalue weighted by atomic mass is 9.91. The number of hydrogen-bond donors (Lipinski definition) is 1. The molecule has 1 unspecified atom stereocenters. The molecule has 3 nitrogen and oxygen atoms in total. The molecule has 1 atom stereocenters. The number of amides is 1. The van der Waals surface area contributed by atoms with Crippen molar-refractivity contribution in [1.82, 2.24) is 5.32 Å². The van der Waals surface area contributed by atoms with Gasteiger partial charge in [-0.05, 0) is 37.0 Å². The van der Waals surface area contributed by atoms with Gasteiger partial charge in [0.1, 0.15) is 6.07 Å². The first-order valence-corrected chi connectivity index (χ1v) is 6.04. The van der Waals surface area contributed by atoms with Crippen LogP contribution >= 0.6 is 11.6 Å². The van der Waals surface area contributed by atoms with Gasteiger partial charge >= 0.3 is 0 Å². The second kappa shape index (κ2) is 5.20. The van der Waals surface area contributed by atoms with Crippen LogP contribution < -0.4 is 5.32 Å². The summed E-state index contributed by atoms with van der Waals surface area (Å²) in [5, 5.41) is 12.2. The molecule has 0 aromatic heterocycles. The molecular weight excluding hydrogens is 236 g/mol. The second-order valence-corrected chi connectivity index (χ2v) is 4.67. The van der Waals surface area contributed by atoms with Crippen LogP contribution in [0.2, 0.25) is 5.02 Å². The van der Waals surface area contributed by atoms with E-state index in [1.807, 2.05) is 6.07 Å².